The minimum Gasteiger partial charge on any atom is -0.496 e. The van der Waals surface area contributed by atoms with Crippen molar-refractivity contribution in [2.75, 3.05) is 27.4 Å². The van der Waals surface area contributed by atoms with E-state index >= 15 is 0 Å². The number of benzene rings is 1. The Bertz CT molecular complexity index is 832. The zero-order chi connectivity index (χ0) is 16.9. The van der Waals surface area contributed by atoms with Crippen molar-refractivity contribution in [3.63, 3.8) is 0 Å². The number of methoxy groups -OCH3 is 2. The van der Waals surface area contributed by atoms with Gasteiger partial charge in [0.2, 0.25) is 0 Å². The lowest BCUT2D eigenvalue weighted by molar-refractivity contribution is 0.0358. The lowest BCUT2D eigenvalue weighted by atomic mass is 10.1. The topological polar surface area (TPSA) is 45.5 Å². The van der Waals surface area contributed by atoms with Crippen LogP contribution >= 0.6 is 15.9 Å². The highest BCUT2D eigenvalue weighted by atomic mass is 79.9. The summed E-state index contributed by atoms with van der Waals surface area (Å²) in [6.45, 7) is 1.53. The van der Waals surface area contributed by atoms with Gasteiger partial charge < -0.3 is 18.8 Å². The molecule has 0 N–H and O–H groups in total. The molecule has 5 nitrogen and oxygen atoms in total. The lowest BCUT2D eigenvalue weighted by Crippen LogP contribution is -2.06. The number of para-hydroxylation sites is 1. The Morgan fingerprint density at radius 1 is 1.12 bits per heavy atom. The van der Waals surface area contributed by atoms with Crippen LogP contribution in [-0.2, 0) is 16.2 Å². The van der Waals surface area contributed by atoms with Crippen molar-refractivity contribution in [1.29, 1.82) is 0 Å². The number of pyridine rings is 1. The molecule has 24 heavy (non-hydrogen) atoms. The maximum Gasteiger partial charge on any atom is 0.142 e. The third kappa shape index (κ3) is 3.45. The first-order valence-corrected chi connectivity index (χ1v) is 8.38. The Morgan fingerprint density at radius 3 is 2.75 bits per heavy atom. The zero-order valence-electron chi connectivity index (χ0n) is 13.7. The van der Waals surface area contributed by atoms with Crippen LogP contribution in [0, 0.1) is 0 Å². The summed E-state index contributed by atoms with van der Waals surface area (Å²) in [5.41, 5.74) is 2.96. The molecule has 1 aromatic carbocycles. The van der Waals surface area contributed by atoms with E-state index in [9.17, 15) is 0 Å². The minimum absolute atomic E-state index is 0.420. The van der Waals surface area contributed by atoms with Gasteiger partial charge in [0.1, 0.15) is 18.1 Å². The standard InChI is InChI=1S/C18H19BrN2O3/c1-22-7-8-24-12-21-11-16(14-5-3-4-6-17(14)23-2)15-9-13(19)10-20-18(15)21/h3-6,9-11H,7-8,12H2,1-2H3. The molecule has 126 valence electrons. The van der Waals surface area contributed by atoms with E-state index in [-0.39, 0.29) is 0 Å². The molecule has 0 aliphatic heterocycles. The molecule has 0 aliphatic carbocycles. The molecule has 0 saturated carbocycles. The van der Waals surface area contributed by atoms with Gasteiger partial charge in [-0.1, -0.05) is 18.2 Å². The second kappa shape index (κ2) is 7.79. The molecule has 0 bridgehead atoms. The summed E-state index contributed by atoms with van der Waals surface area (Å²) >= 11 is 3.51. The third-order valence-corrected chi connectivity index (χ3v) is 4.17. The smallest absolute Gasteiger partial charge is 0.142 e. The summed E-state index contributed by atoms with van der Waals surface area (Å²) in [5, 5.41) is 1.05. The lowest BCUT2D eigenvalue weighted by Gasteiger charge is -2.07. The van der Waals surface area contributed by atoms with Gasteiger partial charge in [0, 0.05) is 40.5 Å². The molecule has 2 heterocycles. The SMILES string of the molecule is COCCOCn1cc(-c2ccccc2OC)c2cc(Br)cnc21. The van der Waals surface area contributed by atoms with E-state index in [1.165, 1.54) is 0 Å². The van der Waals surface area contributed by atoms with Gasteiger partial charge in [0.25, 0.3) is 0 Å². The van der Waals surface area contributed by atoms with Crippen LogP contribution in [0.5, 0.6) is 5.75 Å². The highest BCUT2D eigenvalue weighted by Gasteiger charge is 2.15. The second-order valence-corrected chi connectivity index (χ2v) is 6.18. The number of fused-ring (bicyclic) bond motifs is 1. The van der Waals surface area contributed by atoms with Crippen molar-refractivity contribution >= 4 is 27.0 Å². The molecule has 0 unspecified atom stereocenters. The van der Waals surface area contributed by atoms with Crippen molar-refractivity contribution in [2.45, 2.75) is 6.73 Å². The molecule has 0 spiro atoms. The summed E-state index contributed by atoms with van der Waals surface area (Å²) < 4.78 is 19.1. The van der Waals surface area contributed by atoms with Gasteiger partial charge in [-0.2, -0.15) is 0 Å². The third-order valence-electron chi connectivity index (χ3n) is 3.74. The van der Waals surface area contributed by atoms with Crippen LogP contribution in [0.1, 0.15) is 0 Å². The molecular weight excluding hydrogens is 372 g/mol. The van der Waals surface area contributed by atoms with Crippen LogP contribution in [0.15, 0.2) is 47.2 Å². The number of nitrogens with zero attached hydrogens (tertiary/aromatic N) is 2. The minimum atomic E-state index is 0.420. The van der Waals surface area contributed by atoms with Crippen molar-refractivity contribution in [3.8, 4) is 16.9 Å². The maximum atomic E-state index is 5.66. The summed E-state index contributed by atoms with van der Waals surface area (Å²) in [4.78, 5) is 4.55. The number of hydrogen-bond donors (Lipinski definition) is 0. The molecule has 0 atom stereocenters. The van der Waals surface area contributed by atoms with Crippen molar-refractivity contribution in [3.05, 3.63) is 47.2 Å². The van der Waals surface area contributed by atoms with E-state index in [0.29, 0.717) is 19.9 Å². The van der Waals surface area contributed by atoms with Crippen LogP contribution in [-0.4, -0.2) is 37.0 Å². The molecular formula is C18H19BrN2O3. The fourth-order valence-corrected chi connectivity index (χ4v) is 2.96. The average molecular weight is 391 g/mol. The van der Waals surface area contributed by atoms with Gasteiger partial charge >= 0.3 is 0 Å². The molecule has 2 aromatic heterocycles. The van der Waals surface area contributed by atoms with Crippen LogP contribution in [0.3, 0.4) is 0 Å². The number of hydrogen-bond acceptors (Lipinski definition) is 4. The molecule has 6 heteroatoms. The first kappa shape index (κ1) is 17.0. The number of aromatic nitrogens is 2. The highest BCUT2D eigenvalue weighted by Crippen LogP contribution is 2.36. The van der Waals surface area contributed by atoms with E-state index in [1.54, 1.807) is 20.4 Å². The zero-order valence-corrected chi connectivity index (χ0v) is 15.2. The molecule has 3 rings (SSSR count). The number of halogens is 1. The van der Waals surface area contributed by atoms with Gasteiger partial charge in [0.05, 0.1) is 20.3 Å². The van der Waals surface area contributed by atoms with Crippen molar-refractivity contribution in [2.24, 2.45) is 0 Å². The normalized spacial score (nSPS) is 11.1. The van der Waals surface area contributed by atoms with Crippen LogP contribution in [0.25, 0.3) is 22.2 Å². The predicted octanol–water partition coefficient (Wildman–Crippen LogP) is 4.09. The quantitative estimate of drug-likeness (QED) is 0.569. The largest absolute Gasteiger partial charge is 0.496 e. The van der Waals surface area contributed by atoms with Gasteiger partial charge in [-0.05, 0) is 28.1 Å². The average Bonchev–Trinajstić information content (AvgIpc) is 2.96. The molecule has 0 radical (unpaired) electrons. The summed E-state index contributed by atoms with van der Waals surface area (Å²) in [6.07, 6.45) is 3.84. The van der Waals surface area contributed by atoms with E-state index in [2.05, 4.69) is 33.2 Å². The molecule has 0 aliphatic rings. The van der Waals surface area contributed by atoms with Crippen LogP contribution in [0.2, 0.25) is 0 Å². The first-order chi connectivity index (χ1) is 11.7. The molecule has 0 saturated heterocycles. The van der Waals surface area contributed by atoms with E-state index in [0.717, 1.165) is 32.4 Å². The Morgan fingerprint density at radius 2 is 1.96 bits per heavy atom. The molecule has 0 amide bonds. The maximum absolute atomic E-state index is 5.66. The second-order valence-electron chi connectivity index (χ2n) is 5.27. The number of ether oxygens (including phenoxy) is 3. The van der Waals surface area contributed by atoms with Gasteiger partial charge in [-0.15, -0.1) is 0 Å². The van der Waals surface area contributed by atoms with E-state index in [1.807, 2.05) is 28.8 Å². The van der Waals surface area contributed by atoms with Crippen LogP contribution < -0.4 is 4.74 Å². The van der Waals surface area contributed by atoms with Gasteiger partial charge in [0.15, 0.2) is 0 Å². The number of rotatable bonds is 7. The Balaban J connectivity index is 2.05. The van der Waals surface area contributed by atoms with Crippen molar-refractivity contribution < 1.29 is 14.2 Å². The Hall–Kier alpha value is -1.89. The van der Waals surface area contributed by atoms with E-state index < -0.39 is 0 Å². The summed E-state index contributed by atoms with van der Waals surface area (Å²) in [7, 11) is 3.34. The highest BCUT2D eigenvalue weighted by molar-refractivity contribution is 9.10. The van der Waals surface area contributed by atoms with Gasteiger partial charge in [-0.3, -0.25) is 0 Å². The summed E-state index contributed by atoms with van der Waals surface area (Å²) in [5.74, 6) is 0.830. The predicted molar refractivity (Wildman–Crippen MR) is 97.2 cm³/mol. The van der Waals surface area contributed by atoms with Crippen molar-refractivity contribution in [1.82, 2.24) is 9.55 Å². The summed E-state index contributed by atoms with van der Waals surface area (Å²) in [6, 6.07) is 10.0. The molecule has 0 fully saturated rings. The first-order valence-electron chi connectivity index (χ1n) is 7.59. The Labute approximate surface area is 149 Å². The molecule has 3 aromatic rings. The Kier molecular flexibility index (Phi) is 5.50. The van der Waals surface area contributed by atoms with Gasteiger partial charge in [-0.25, -0.2) is 4.98 Å². The van der Waals surface area contributed by atoms with E-state index in [4.69, 9.17) is 14.2 Å². The monoisotopic (exact) mass is 390 g/mol. The fraction of sp³-hybridized carbons (Fsp3) is 0.278. The fourth-order valence-electron chi connectivity index (χ4n) is 2.63. The van der Waals surface area contributed by atoms with Crippen LogP contribution in [0.4, 0.5) is 0 Å².